The number of rotatable bonds is 5. The molecule has 98 valence electrons. The maximum absolute atomic E-state index is 13.5. The summed E-state index contributed by atoms with van der Waals surface area (Å²) in [6, 6.07) is -1.08. The highest BCUT2D eigenvalue weighted by molar-refractivity contribution is 7.99. The van der Waals surface area contributed by atoms with Gasteiger partial charge in [0.1, 0.15) is 17.4 Å². The fourth-order valence-corrected chi connectivity index (χ4v) is 2.07. The number of aryl methyl sites for hydroxylation is 1. The van der Waals surface area contributed by atoms with Gasteiger partial charge in [0.2, 0.25) is 5.91 Å². The SMILES string of the molecule is CC(=O)N[C@@H](CSc1ncnc(C)c1F)C(=O)O. The van der Waals surface area contributed by atoms with E-state index < -0.39 is 23.7 Å². The van der Waals surface area contributed by atoms with Crippen molar-refractivity contribution >= 4 is 23.6 Å². The number of amides is 1. The second-order valence-corrected chi connectivity index (χ2v) is 4.49. The van der Waals surface area contributed by atoms with Crippen LogP contribution in [0.1, 0.15) is 12.6 Å². The molecule has 0 fully saturated rings. The Hall–Kier alpha value is -1.70. The van der Waals surface area contributed by atoms with Crippen LogP contribution in [0.25, 0.3) is 0 Å². The Balaban J connectivity index is 2.70. The summed E-state index contributed by atoms with van der Waals surface area (Å²) in [5, 5.41) is 11.2. The van der Waals surface area contributed by atoms with Gasteiger partial charge < -0.3 is 10.4 Å². The van der Waals surface area contributed by atoms with Gasteiger partial charge in [0.05, 0.1) is 5.69 Å². The summed E-state index contributed by atoms with van der Waals surface area (Å²) < 4.78 is 13.5. The molecule has 0 spiro atoms. The van der Waals surface area contributed by atoms with E-state index in [-0.39, 0.29) is 16.5 Å². The fourth-order valence-electron chi connectivity index (χ4n) is 1.12. The molecule has 2 N–H and O–H groups in total. The Morgan fingerprint density at radius 1 is 1.56 bits per heavy atom. The molecule has 0 radical (unpaired) electrons. The molecule has 1 rings (SSSR count). The summed E-state index contributed by atoms with van der Waals surface area (Å²) in [5.74, 6) is -2.22. The first-order chi connectivity index (χ1) is 8.41. The smallest absolute Gasteiger partial charge is 0.327 e. The van der Waals surface area contributed by atoms with E-state index >= 15 is 0 Å². The number of carbonyl (C=O) groups excluding carboxylic acids is 1. The number of thioether (sulfide) groups is 1. The van der Waals surface area contributed by atoms with E-state index in [9.17, 15) is 14.0 Å². The van der Waals surface area contributed by atoms with Gasteiger partial charge in [-0.15, -0.1) is 11.8 Å². The summed E-state index contributed by atoms with van der Waals surface area (Å²) in [4.78, 5) is 29.0. The Bertz CT molecular complexity index is 470. The zero-order valence-corrected chi connectivity index (χ0v) is 10.6. The van der Waals surface area contributed by atoms with Crippen molar-refractivity contribution in [1.29, 1.82) is 0 Å². The summed E-state index contributed by atoms with van der Waals surface area (Å²) in [6.45, 7) is 2.71. The maximum Gasteiger partial charge on any atom is 0.327 e. The van der Waals surface area contributed by atoms with Crippen LogP contribution in [0.3, 0.4) is 0 Å². The molecule has 18 heavy (non-hydrogen) atoms. The van der Waals surface area contributed by atoms with Crippen LogP contribution in [0.4, 0.5) is 4.39 Å². The summed E-state index contributed by atoms with van der Waals surface area (Å²) in [7, 11) is 0. The van der Waals surface area contributed by atoms with E-state index in [2.05, 4.69) is 15.3 Å². The molecule has 6 nitrogen and oxygen atoms in total. The lowest BCUT2D eigenvalue weighted by Crippen LogP contribution is -2.41. The summed E-state index contributed by atoms with van der Waals surface area (Å²) in [6.07, 6.45) is 1.20. The van der Waals surface area contributed by atoms with Crippen LogP contribution < -0.4 is 5.32 Å². The van der Waals surface area contributed by atoms with Crippen LogP contribution in [0.5, 0.6) is 0 Å². The molecular weight excluding hydrogens is 261 g/mol. The predicted octanol–water partition coefficient (Wildman–Crippen LogP) is 0.606. The van der Waals surface area contributed by atoms with Gasteiger partial charge in [0.25, 0.3) is 0 Å². The van der Waals surface area contributed by atoms with Gasteiger partial charge in [0, 0.05) is 12.7 Å². The molecule has 0 aliphatic carbocycles. The molecule has 0 aliphatic rings. The van der Waals surface area contributed by atoms with E-state index in [1.54, 1.807) is 0 Å². The number of nitrogens with one attached hydrogen (secondary N) is 1. The average molecular weight is 273 g/mol. The topological polar surface area (TPSA) is 92.2 Å². The van der Waals surface area contributed by atoms with Crippen molar-refractivity contribution < 1.29 is 19.1 Å². The van der Waals surface area contributed by atoms with Crippen LogP contribution >= 0.6 is 11.8 Å². The molecule has 0 bridgehead atoms. The van der Waals surface area contributed by atoms with Gasteiger partial charge in [-0.1, -0.05) is 0 Å². The van der Waals surface area contributed by atoms with Crippen LogP contribution in [-0.4, -0.2) is 38.7 Å². The summed E-state index contributed by atoms with van der Waals surface area (Å²) >= 11 is 0.918. The molecule has 0 saturated heterocycles. The first kappa shape index (κ1) is 14.4. The fraction of sp³-hybridized carbons (Fsp3) is 0.400. The summed E-state index contributed by atoms with van der Waals surface area (Å²) in [5.41, 5.74) is 0.193. The van der Waals surface area contributed by atoms with Crippen LogP contribution in [-0.2, 0) is 9.59 Å². The third kappa shape index (κ3) is 3.95. The van der Waals surface area contributed by atoms with E-state index in [0.29, 0.717) is 0 Å². The molecule has 1 atom stereocenters. The lowest BCUT2D eigenvalue weighted by molar-refractivity contribution is -0.140. The Morgan fingerprint density at radius 3 is 2.78 bits per heavy atom. The van der Waals surface area contributed by atoms with Gasteiger partial charge in [-0.25, -0.2) is 19.2 Å². The Kier molecular flexibility index (Phi) is 5.02. The van der Waals surface area contributed by atoms with Crippen LogP contribution in [0.2, 0.25) is 0 Å². The molecule has 8 heteroatoms. The monoisotopic (exact) mass is 273 g/mol. The molecule has 1 aromatic heterocycles. The zero-order valence-electron chi connectivity index (χ0n) is 9.81. The van der Waals surface area contributed by atoms with Crippen molar-refractivity contribution in [1.82, 2.24) is 15.3 Å². The number of carbonyl (C=O) groups is 2. The second-order valence-electron chi connectivity index (χ2n) is 3.48. The number of carboxylic acids is 1. The number of halogens is 1. The van der Waals surface area contributed by atoms with Crippen molar-refractivity contribution in [3.63, 3.8) is 0 Å². The second kappa shape index (κ2) is 6.29. The van der Waals surface area contributed by atoms with Crippen molar-refractivity contribution in [3.8, 4) is 0 Å². The standard InChI is InChI=1S/C10H12FN3O3S/c1-5-8(11)9(13-4-12-5)18-3-7(10(16)17)14-6(2)15/h4,7H,3H2,1-2H3,(H,14,15)(H,16,17)/t7-/m0/s1. The van der Waals surface area contributed by atoms with E-state index in [0.717, 1.165) is 11.8 Å². The molecule has 0 saturated carbocycles. The number of hydrogen-bond donors (Lipinski definition) is 2. The molecule has 1 heterocycles. The van der Waals surface area contributed by atoms with Crippen LogP contribution in [0, 0.1) is 12.7 Å². The minimum Gasteiger partial charge on any atom is -0.480 e. The minimum absolute atomic E-state index is 0.0116. The third-order valence-corrected chi connectivity index (χ3v) is 3.05. The van der Waals surface area contributed by atoms with E-state index in [1.807, 2.05) is 0 Å². The third-order valence-electron chi connectivity index (χ3n) is 1.99. The lowest BCUT2D eigenvalue weighted by Gasteiger charge is -2.12. The van der Waals surface area contributed by atoms with Crippen molar-refractivity contribution in [2.75, 3.05) is 5.75 Å². The number of carboxylic acid groups (broad SMARTS) is 1. The largest absolute Gasteiger partial charge is 0.480 e. The number of aliphatic carboxylic acids is 1. The first-order valence-corrected chi connectivity index (χ1v) is 6.00. The number of nitrogens with zero attached hydrogens (tertiary/aromatic N) is 2. The quantitative estimate of drug-likeness (QED) is 0.603. The Labute approximate surface area is 107 Å². The molecule has 0 aromatic carbocycles. The maximum atomic E-state index is 13.5. The van der Waals surface area contributed by atoms with Gasteiger partial charge in [-0.2, -0.15) is 0 Å². The molecule has 1 aromatic rings. The van der Waals surface area contributed by atoms with Gasteiger partial charge in [-0.3, -0.25) is 4.79 Å². The van der Waals surface area contributed by atoms with Gasteiger partial charge in [-0.05, 0) is 6.92 Å². The number of aromatic nitrogens is 2. The van der Waals surface area contributed by atoms with Crippen molar-refractivity contribution in [3.05, 3.63) is 17.8 Å². The predicted molar refractivity (Wildman–Crippen MR) is 62.7 cm³/mol. The van der Waals surface area contributed by atoms with Crippen molar-refractivity contribution in [2.24, 2.45) is 0 Å². The zero-order chi connectivity index (χ0) is 13.7. The Morgan fingerprint density at radius 2 is 2.22 bits per heavy atom. The minimum atomic E-state index is -1.18. The average Bonchev–Trinajstić information content (AvgIpc) is 2.28. The highest BCUT2D eigenvalue weighted by Crippen LogP contribution is 2.20. The van der Waals surface area contributed by atoms with Crippen LogP contribution in [0.15, 0.2) is 11.4 Å². The molecule has 0 unspecified atom stereocenters. The first-order valence-electron chi connectivity index (χ1n) is 5.01. The van der Waals surface area contributed by atoms with Gasteiger partial charge in [0.15, 0.2) is 5.82 Å². The lowest BCUT2D eigenvalue weighted by atomic mass is 10.3. The number of hydrogen-bond acceptors (Lipinski definition) is 5. The normalized spacial score (nSPS) is 11.9. The highest BCUT2D eigenvalue weighted by atomic mass is 32.2. The molecule has 0 aliphatic heterocycles. The van der Waals surface area contributed by atoms with Crippen molar-refractivity contribution in [2.45, 2.75) is 24.9 Å². The highest BCUT2D eigenvalue weighted by Gasteiger charge is 2.20. The molecule has 1 amide bonds. The van der Waals surface area contributed by atoms with Gasteiger partial charge >= 0.3 is 5.97 Å². The molecular formula is C10H12FN3O3S. The van der Waals surface area contributed by atoms with E-state index in [1.165, 1.54) is 20.2 Å². The van der Waals surface area contributed by atoms with E-state index in [4.69, 9.17) is 5.11 Å².